The molecule has 3 heterocycles. The standard InChI is InChI=1S/C27H29N5O7/c1-26(2,3)24(34)37-17-38-25(35)31-23-20-9-10-21(32(20)30-16-29-23)27(15-28)12-11-19(39-27)14-36-22(33)13-18-7-5-4-6-8-18/h4-10,16,19H,11-14,17H2,1-3H3,(H,29,30,31,35)/t19-,27-/m0/s1. The number of rotatable bonds is 8. The molecule has 2 aromatic heterocycles. The summed E-state index contributed by atoms with van der Waals surface area (Å²) >= 11 is 0. The first-order valence-electron chi connectivity index (χ1n) is 12.3. The van der Waals surface area contributed by atoms with Gasteiger partial charge in [-0.15, -0.1) is 0 Å². The van der Waals surface area contributed by atoms with Crippen LogP contribution in [0.2, 0.25) is 0 Å². The summed E-state index contributed by atoms with van der Waals surface area (Å²) in [7, 11) is 0. The highest BCUT2D eigenvalue weighted by Crippen LogP contribution is 2.40. The van der Waals surface area contributed by atoms with Gasteiger partial charge < -0.3 is 18.9 Å². The molecule has 12 heteroatoms. The van der Waals surface area contributed by atoms with Gasteiger partial charge in [0.05, 0.1) is 23.6 Å². The molecule has 4 rings (SSSR count). The minimum Gasteiger partial charge on any atom is -0.463 e. The van der Waals surface area contributed by atoms with E-state index in [-0.39, 0.29) is 24.8 Å². The Hall–Kier alpha value is -4.50. The number of amides is 1. The molecule has 0 unspecified atom stereocenters. The van der Waals surface area contributed by atoms with Crippen molar-refractivity contribution in [3.63, 3.8) is 0 Å². The minimum atomic E-state index is -1.34. The van der Waals surface area contributed by atoms with Gasteiger partial charge in [0.15, 0.2) is 11.4 Å². The number of hydrogen-bond donors (Lipinski definition) is 1. The summed E-state index contributed by atoms with van der Waals surface area (Å²) < 4.78 is 22.8. The normalized spacial score (nSPS) is 18.8. The van der Waals surface area contributed by atoms with Crippen LogP contribution in [0.1, 0.15) is 44.9 Å². The number of esters is 2. The van der Waals surface area contributed by atoms with Crippen molar-refractivity contribution in [2.45, 2.75) is 51.7 Å². The summed E-state index contributed by atoms with van der Waals surface area (Å²) in [6, 6.07) is 14.8. The lowest BCUT2D eigenvalue weighted by atomic mass is 9.98. The number of fused-ring (bicyclic) bond motifs is 1. The molecular weight excluding hydrogens is 506 g/mol. The number of nitriles is 1. The molecule has 0 spiro atoms. The minimum absolute atomic E-state index is 0.0197. The average Bonchev–Trinajstić information content (AvgIpc) is 3.53. The maximum atomic E-state index is 12.2. The Morgan fingerprint density at radius 2 is 1.92 bits per heavy atom. The second kappa shape index (κ2) is 11.5. The number of carbonyl (C=O) groups excluding carboxylic acids is 3. The number of nitrogens with one attached hydrogen (secondary N) is 1. The summed E-state index contributed by atoms with van der Waals surface area (Å²) in [5, 5.41) is 16.8. The van der Waals surface area contributed by atoms with E-state index in [9.17, 15) is 19.6 Å². The van der Waals surface area contributed by atoms with E-state index >= 15 is 0 Å². The highest BCUT2D eigenvalue weighted by atomic mass is 16.7. The zero-order valence-corrected chi connectivity index (χ0v) is 21.9. The lowest BCUT2D eigenvalue weighted by Gasteiger charge is -2.21. The monoisotopic (exact) mass is 535 g/mol. The van der Waals surface area contributed by atoms with Crippen molar-refractivity contribution in [1.29, 1.82) is 5.26 Å². The number of nitrogens with zero attached hydrogens (tertiary/aromatic N) is 4. The third-order valence-corrected chi connectivity index (χ3v) is 6.07. The van der Waals surface area contributed by atoms with E-state index in [1.54, 1.807) is 32.9 Å². The molecule has 0 bridgehead atoms. The van der Waals surface area contributed by atoms with Crippen molar-refractivity contribution in [2.24, 2.45) is 5.41 Å². The fourth-order valence-corrected chi connectivity index (χ4v) is 4.03. The number of ether oxygens (including phenoxy) is 4. The maximum Gasteiger partial charge on any atom is 0.415 e. The van der Waals surface area contributed by atoms with E-state index in [4.69, 9.17) is 18.9 Å². The van der Waals surface area contributed by atoms with Gasteiger partial charge in [0.2, 0.25) is 6.79 Å². The number of benzene rings is 1. The van der Waals surface area contributed by atoms with Crippen molar-refractivity contribution in [3.05, 3.63) is 60.0 Å². The van der Waals surface area contributed by atoms with Gasteiger partial charge in [-0.3, -0.25) is 14.9 Å². The number of hydrogen-bond acceptors (Lipinski definition) is 10. The summed E-state index contributed by atoms with van der Waals surface area (Å²) in [5.74, 6) is -0.768. The fraction of sp³-hybridized carbons (Fsp3) is 0.407. The van der Waals surface area contributed by atoms with Crippen LogP contribution in [0.3, 0.4) is 0 Å². The van der Waals surface area contributed by atoms with Crippen LogP contribution >= 0.6 is 0 Å². The SMILES string of the molecule is CC(C)(C)C(=O)OCOC(=O)Nc1ncnn2c([C@@]3(C#N)CC[C@@H](COC(=O)Cc4ccccc4)O3)ccc12. The highest BCUT2D eigenvalue weighted by molar-refractivity contribution is 5.88. The van der Waals surface area contributed by atoms with E-state index in [1.165, 1.54) is 10.8 Å². The molecule has 204 valence electrons. The molecule has 3 aromatic rings. The fourth-order valence-electron chi connectivity index (χ4n) is 4.03. The zero-order valence-electron chi connectivity index (χ0n) is 21.9. The lowest BCUT2D eigenvalue weighted by Crippen LogP contribution is -2.29. The molecule has 39 heavy (non-hydrogen) atoms. The molecule has 12 nitrogen and oxygen atoms in total. The van der Waals surface area contributed by atoms with Gasteiger partial charge in [0.25, 0.3) is 0 Å². The van der Waals surface area contributed by atoms with Crippen molar-refractivity contribution < 1.29 is 33.3 Å². The van der Waals surface area contributed by atoms with E-state index < -0.39 is 36.0 Å². The van der Waals surface area contributed by atoms with Crippen LogP contribution in [0, 0.1) is 16.7 Å². The predicted molar refractivity (Wildman–Crippen MR) is 136 cm³/mol. The highest BCUT2D eigenvalue weighted by Gasteiger charge is 2.45. The molecule has 1 aromatic carbocycles. The maximum absolute atomic E-state index is 12.2. The van der Waals surface area contributed by atoms with Crippen LogP contribution < -0.4 is 5.32 Å². The van der Waals surface area contributed by atoms with Crippen LogP contribution in [0.25, 0.3) is 5.52 Å². The third kappa shape index (κ3) is 6.50. The van der Waals surface area contributed by atoms with E-state index in [0.717, 1.165) is 5.56 Å². The first-order valence-corrected chi connectivity index (χ1v) is 12.3. The Balaban J connectivity index is 1.38. The van der Waals surface area contributed by atoms with Crippen LogP contribution in [0.5, 0.6) is 0 Å². The summed E-state index contributed by atoms with van der Waals surface area (Å²) in [5.41, 5.74) is -0.387. The Bertz CT molecular complexity index is 1390. The van der Waals surface area contributed by atoms with Gasteiger partial charge in [-0.05, 0) is 51.3 Å². The summed E-state index contributed by atoms with van der Waals surface area (Å²) in [6.07, 6.45) is 0.854. The topological polar surface area (TPSA) is 154 Å². The van der Waals surface area contributed by atoms with E-state index in [2.05, 4.69) is 21.5 Å². The number of carbonyl (C=O) groups is 3. The quantitative estimate of drug-likeness (QED) is 0.335. The van der Waals surface area contributed by atoms with Gasteiger partial charge in [-0.2, -0.15) is 10.4 Å². The molecule has 0 saturated carbocycles. The first kappa shape index (κ1) is 27.5. The van der Waals surface area contributed by atoms with Gasteiger partial charge in [0, 0.05) is 0 Å². The Labute approximate surface area is 224 Å². The smallest absolute Gasteiger partial charge is 0.415 e. The number of aromatic nitrogens is 3. The molecule has 1 N–H and O–H groups in total. The van der Waals surface area contributed by atoms with Crippen LogP contribution in [0.15, 0.2) is 48.8 Å². The summed E-state index contributed by atoms with van der Waals surface area (Å²) in [4.78, 5) is 40.4. The summed E-state index contributed by atoms with van der Waals surface area (Å²) in [6.45, 7) is 4.50. The second-order valence-corrected chi connectivity index (χ2v) is 10.0. The molecule has 1 fully saturated rings. The lowest BCUT2D eigenvalue weighted by molar-refractivity contribution is -0.161. The van der Waals surface area contributed by atoms with Crippen molar-refractivity contribution in [3.8, 4) is 6.07 Å². The van der Waals surface area contributed by atoms with Gasteiger partial charge in [0.1, 0.15) is 24.5 Å². The molecule has 1 aliphatic rings. The Morgan fingerprint density at radius 3 is 2.64 bits per heavy atom. The largest absolute Gasteiger partial charge is 0.463 e. The van der Waals surface area contributed by atoms with Gasteiger partial charge >= 0.3 is 18.0 Å². The molecule has 2 atom stereocenters. The van der Waals surface area contributed by atoms with Gasteiger partial charge in [-0.1, -0.05) is 30.3 Å². The average molecular weight is 536 g/mol. The van der Waals surface area contributed by atoms with E-state index in [0.29, 0.717) is 24.1 Å². The Morgan fingerprint density at radius 1 is 1.15 bits per heavy atom. The molecule has 1 amide bonds. The van der Waals surface area contributed by atoms with Crippen LogP contribution in [-0.2, 0) is 40.6 Å². The molecule has 0 aliphatic carbocycles. The van der Waals surface area contributed by atoms with Crippen LogP contribution in [0.4, 0.5) is 10.6 Å². The van der Waals surface area contributed by atoms with Crippen molar-refractivity contribution in [1.82, 2.24) is 14.6 Å². The van der Waals surface area contributed by atoms with E-state index in [1.807, 2.05) is 30.3 Å². The second-order valence-electron chi connectivity index (χ2n) is 10.0. The van der Waals surface area contributed by atoms with Gasteiger partial charge in [-0.25, -0.2) is 14.3 Å². The molecular formula is C27H29N5O7. The zero-order chi connectivity index (χ0) is 28.0. The van der Waals surface area contributed by atoms with Crippen molar-refractivity contribution in [2.75, 3.05) is 18.7 Å². The number of anilines is 1. The van der Waals surface area contributed by atoms with Crippen molar-refractivity contribution >= 4 is 29.4 Å². The third-order valence-electron chi connectivity index (χ3n) is 6.07. The predicted octanol–water partition coefficient (Wildman–Crippen LogP) is 3.51. The van der Waals surface area contributed by atoms with Crippen LogP contribution in [-0.4, -0.2) is 52.1 Å². The molecule has 0 radical (unpaired) electrons. The molecule has 1 saturated heterocycles. The Kier molecular flexibility index (Phi) is 8.11. The molecule has 1 aliphatic heterocycles. The first-order chi connectivity index (χ1) is 18.6.